The van der Waals surface area contributed by atoms with Crippen molar-refractivity contribution in [1.82, 2.24) is 0 Å². The van der Waals surface area contributed by atoms with Crippen LogP contribution in [0, 0.1) is 11.8 Å². The third kappa shape index (κ3) is 8.00. The molecule has 0 fully saturated rings. The molecule has 0 aromatic heterocycles. The van der Waals surface area contributed by atoms with Crippen LogP contribution in [-0.2, 0) is 9.47 Å². The second kappa shape index (κ2) is 12.2. The average molecular weight is 383 g/mol. The first-order valence-electron chi connectivity index (χ1n) is 9.66. The molecule has 0 radical (unpaired) electrons. The molecular weight excluding hydrogens is 348 g/mol. The molecule has 0 spiro atoms. The van der Waals surface area contributed by atoms with E-state index in [9.17, 15) is 9.90 Å². The molecule has 1 aromatic rings. The summed E-state index contributed by atoms with van der Waals surface area (Å²) in [7, 11) is 0. The number of carbonyl (C=O) groups excluding carboxylic acids is 1. The van der Waals surface area contributed by atoms with Gasteiger partial charge in [0, 0.05) is 0 Å². The van der Waals surface area contributed by atoms with Crippen molar-refractivity contribution in [3.8, 4) is 5.75 Å². The highest BCUT2D eigenvalue weighted by Gasteiger charge is 2.19. The Hall–Kier alpha value is -1.20. The molecular formula is C21H34O4S. The summed E-state index contributed by atoms with van der Waals surface area (Å²) in [5.74, 6) is 0.343. The van der Waals surface area contributed by atoms with E-state index in [0.29, 0.717) is 29.9 Å². The summed E-state index contributed by atoms with van der Waals surface area (Å²) in [4.78, 5) is 13.0. The number of hydrogen-bond donors (Lipinski definition) is 1. The van der Waals surface area contributed by atoms with Crippen LogP contribution >= 0.6 is 11.8 Å². The molecule has 0 saturated heterocycles. The molecule has 0 bridgehead atoms. The molecule has 0 aliphatic heterocycles. The van der Waals surface area contributed by atoms with Gasteiger partial charge in [0.1, 0.15) is 16.7 Å². The summed E-state index contributed by atoms with van der Waals surface area (Å²) in [5, 5.41) is 10.5. The molecule has 26 heavy (non-hydrogen) atoms. The smallest absolute Gasteiger partial charge is 0.341 e. The largest absolute Gasteiger partial charge is 0.506 e. The lowest BCUT2D eigenvalue weighted by Gasteiger charge is -2.17. The molecule has 0 aliphatic rings. The zero-order chi connectivity index (χ0) is 19.5. The average Bonchev–Trinajstić information content (AvgIpc) is 2.61. The summed E-state index contributed by atoms with van der Waals surface area (Å²) < 4.78 is 11.2. The first-order chi connectivity index (χ1) is 12.4. The monoisotopic (exact) mass is 382 g/mol. The Kier molecular flexibility index (Phi) is 10.7. The molecule has 2 atom stereocenters. The lowest BCUT2D eigenvalue weighted by molar-refractivity contribution is 0.0424. The van der Waals surface area contributed by atoms with Gasteiger partial charge in [-0.1, -0.05) is 64.8 Å². The minimum Gasteiger partial charge on any atom is -0.506 e. The number of esters is 1. The minimum atomic E-state index is -0.462. The van der Waals surface area contributed by atoms with E-state index in [0.717, 1.165) is 25.7 Å². The maximum atomic E-state index is 12.4. The summed E-state index contributed by atoms with van der Waals surface area (Å²) >= 11 is 1.40. The quantitative estimate of drug-likeness (QED) is 0.278. The number of aromatic hydroxyl groups is 1. The number of phenols is 1. The molecule has 1 N–H and O–H groups in total. The molecule has 0 aliphatic carbocycles. The van der Waals surface area contributed by atoms with E-state index in [4.69, 9.17) is 9.47 Å². The van der Waals surface area contributed by atoms with Gasteiger partial charge in [-0.15, -0.1) is 0 Å². The highest BCUT2D eigenvalue weighted by Crippen LogP contribution is 2.35. The van der Waals surface area contributed by atoms with E-state index in [1.807, 2.05) is 6.92 Å². The zero-order valence-corrected chi connectivity index (χ0v) is 17.6. The van der Waals surface area contributed by atoms with Gasteiger partial charge in [0.2, 0.25) is 0 Å². The van der Waals surface area contributed by atoms with Gasteiger partial charge < -0.3 is 14.6 Å². The number of hydrogen-bond acceptors (Lipinski definition) is 5. The van der Waals surface area contributed by atoms with Gasteiger partial charge in [-0.05, 0) is 37.3 Å². The summed E-state index contributed by atoms with van der Waals surface area (Å²) in [6.07, 6.45) is 4.33. The molecule has 0 amide bonds. The fourth-order valence-electron chi connectivity index (χ4n) is 2.49. The number of rotatable bonds is 12. The van der Waals surface area contributed by atoms with Crippen LogP contribution in [0.5, 0.6) is 5.75 Å². The second-order valence-corrected chi connectivity index (χ2v) is 8.42. The van der Waals surface area contributed by atoms with Crippen molar-refractivity contribution in [2.24, 2.45) is 11.8 Å². The maximum absolute atomic E-state index is 12.4. The predicted octanol–water partition coefficient (Wildman–Crippen LogP) is 5.88. The van der Waals surface area contributed by atoms with Crippen molar-refractivity contribution in [1.29, 1.82) is 0 Å². The van der Waals surface area contributed by atoms with E-state index < -0.39 is 5.97 Å². The zero-order valence-electron chi connectivity index (χ0n) is 16.8. The fraction of sp³-hybridized carbons (Fsp3) is 0.667. The van der Waals surface area contributed by atoms with Crippen LogP contribution in [0.2, 0.25) is 0 Å². The molecule has 2 unspecified atom stereocenters. The first-order valence-corrected chi connectivity index (χ1v) is 10.5. The number of ether oxygens (including phenoxy) is 2. The van der Waals surface area contributed by atoms with Crippen LogP contribution in [0.4, 0.5) is 0 Å². The van der Waals surface area contributed by atoms with Gasteiger partial charge in [0.15, 0.2) is 0 Å². The standard InChI is InChI=1S/C21H34O4S/c1-6-8-10-17(7-2)14-25-21(23)18-11-9-12-19(20(18)22)26-16(5)24-13-15(3)4/h9,11-12,15-17,22H,6-8,10,13-14H2,1-5H3. The van der Waals surface area contributed by atoms with E-state index >= 15 is 0 Å². The Morgan fingerprint density at radius 2 is 1.92 bits per heavy atom. The molecule has 1 aromatic carbocycles. The van der Waals surface area contributed by atoms with Crippen LogP contribution in [0.1, 0.15) is 70.7 Å². The van der Waals surface area contributed by atoms with E-state index in [1.54, 1.807) is 18.2 Å². The number of benzene rings is 1. The molecule has 1 rings (SSSR count). The third-order valence-corrected chi connectivity index (χ3v) is 5.22. The van der Waals surface area contributed by atoms with Crippen LogP contribution in [0.3, 0.4) is 0 Å². The van der Waals surface area contributed by atoms with Crippen LogP contribution < -0.4 is 0 Å². The molecule has 4 nitrogen and oxygen atoms in total. The molecule has 0 heterocycles. The molecule has 148 valence electrons. The lowest BCUT2D eigenvalue weighted by atomic mass is 10.0. The SMILES string of the molecule is CCCCC(CC)COC(=O)c1cccc(SC(C)OCC(C)C)c1O. The van der Waals surface area contributed by atoms with Crippen molar-refractivity contribution in [3.05, 3.63) is 23.8 Å². The Bertz CT molecular complexity index is 545. The number of carbonyl (C=O) groups is 1. The van der Waals surface area contributed by atoms with Crippen LogP contribution in [0.15, 0.2) is 23.1 Å². The van der Waals surface area contributed by atoms with Gasteiger partial charge in [-0.3, -0.25) is 0 Å². The Morgan fingerprint density at radius 1 is 1.19 bits per heavy atom. The first kappa shape index (κ1) is 22.8. The highest BCUT2D eigenvalue weighted by molar-refractivity contribution is 7.99. The topological polar surface area (TPSA) is 55.8 Å². The van der Waals surface area contributed by atoms with Crippen LogP contribution in [0.25, 0.3) is 0 Å². The lowest BCUT2D eigenvalue weighted by Crippen LogP contribution is -2.14. The van der Waals surface area contributed by atoms with Crippen molar-refractivity contribution in [3.63, 3.8) is 0 Å². The van der Waals surface area contributed by atoms with Crippen LogP contribution in [-0.4, -0.2) is 29.7 Å². The van der Waals surface area contributed by atoms with E-state index in [-0.39, 0.29) is 16.7 Å². The van der Waals surface area contributed by atoms with E-state index in [1.165, 1.54) is 11.8 Å². The van der Waals surface area contributed by atoms with Gasteiger partial charge in [-0.2, -0.15) is 0 Å². The number of thioether (sulfide) groups is 1. The number of unbranched alkanes of at least 4 members (excludes halogenated alkanes) is 1. The third-order valence-electron chi connectivity index (χ3n) is 4.17. The highest BCUT2D eigenvalue weighted by atomic mass is 32.2. The molecule has 0 saturated carbocycles. The summed E-state index contributed by atoms with van der Waals surface area (Å²) in [6, 6.07) is 5.17. The number of para-hydroxylation sites is 1. The van der Waals surface area contributed by atoms with Gasteiger partial charge in [-0.25, -0.2) is 4.79 Å². The molecule has 5 heteroatoms. The second-order valence-electron chi connectivity index (χ2n) is 7.08. The normalized spacial score (nSPS) is 13.6. The van der Waals surface area contributed by atoms with Crippen molar-refractivity contribution >= 4 is 17.7 Å². The van der Waals surface area contributed by atoms with Gasteiger partial charge in [0.25, 0.3) is 0 Å². The predicted molar refractivity (Wildman–Crippen MR) is 108 cm³/mol. The van der Waals surface area contributed by atoms with Gasteiger partial charge >= 0.3 is 5.97 Å². The minimum absolute atomic E-state index is 0.0240. The Balaban J connectivity index is 2.67. The van der Waals surface area contributed by atoms with Crippen molar-refractivity contribution in [2.75, 3.05) is 13.2 Å². The fourth-order valence-corrected chi connectivity index (χ4v) is 3.38. The van der Waals surface area contributed by atoms with Gasteiger partial charge in [0.05, 0.1) is 18.1 Å². The summed E-state index contributed by atoms with van der Waals surface area (Å²) in [6.45, 7) is 11.5. The Labute approximate surface area is 162 Å². The van der Waals surface area contributed by atoms with Crippen molar-refractivity contribution < 1.29 is 19.4 Å². The van der Waals surface area contributed by atoms with E-state index in [2.05, 4.69) is 27.7 Å². The summed E-state index contributed by atoms with van der Waals surface area (Å²) in [5.41, 5.74) is 0.115. The maximum Gasteiger partial charge on any atom is 0.341 e. The Morgan fingerprint density at radius 3 is 2.54 bits per heavy atom. The van der Waals surface area contributed by atoms with Crippen molar-refractivity contribution in [2.45, 2.75) is 70.6 Å². The number of phenolic OH excluding ortho intramolecular Hbond substituents is 1.